The van der Waals surface area contributed by atoms with Gasteiger partial charge in [-0.05, 0) is 36.6 Å². The summed E-state index contributed by atoms with van der Waals surface area (Å²) in [6, 6.07) is 16.1. The number of ether oxygens (including phenoxy) is 1. The number of methoxy groups -OCH3 is 1. The van der Waals surface area contributed by atoms with Crippen LogP contribution in [0, 0.1) is 6.92 Å². The Bertz CT molecular complexity index is 1090. The minimum absolute atomic E-state index is 0.146. The summed E-state index contributed by atoms with van der Waals surface area (Å²) >= 11 is 1.22. The van der Waals surface area contributed by atoms with E-state index in [4.69, 9.17) is 4.74 Å². The van der Waals surface area contributed by atoms with Crippen LogP contribution in [0.1, 0.15) is 27.7 Å². The van der Waals surface area contributed by atoms with Crippen LogP contribution in [-0.4, -0.2) is 21.5 Å². The molecular formula is C21H21NO4S2. The van der Waals surface area contributed by atoms with Gasteiger partial charge in [0.25, 0.3) is 10.0 Å². The molecule has 0 atom stereocenters. The van der Waals surface area contributed by atoms with Crippen molar-refractivity contribution in [3.8, 4) is 11.1 Å². The number of rotatable bonds is 6. The number of anilines is 1. The van der Waals surface area contributed by atoms with Gasteiger partial charge in [0.15, 0.2) is 0 Å². The van der Waals surface area contributed by atoms with Gasteiger partial charge < -0.3 is 4.74 Å². The minimum Gasteiger partial charge on any atom is -0.465 e. The molecule has 2 aromatic carbocycles. The van der Waals surface area contributed by atoms with Crippen LogP contribution in [0.25, 0.3) is 11.1 Å². The Labute approximate surface area is 169 Å². The smallest absolute Gasteiger partial charge is 0.341 e. The Morgan fingerprint density at radius 1 is 1.07 bits per heavy atom. The predicted octanol–water partition coefficient (Wildman–Crippen LogP) is 4.87. The van der Waals surface area contributed by atoms with Crippen molar-refractivity contribution in [3.63, 3.8) is 0 Å². The molecule has 0 spiro atoms. The van der Waals surface area contributed by atoms with Gasteiger partial charge in [-0.2, -0.15) is 0 Å². The standard InChI is InChI=1S/C21H21NO4S2/c1-4-15-10-12-17(13-11-15)28(24,25)22-20-19(21(23)26-3)18(14(2)27-20)16-8-6-5-7-9-16/h5-13,22H,4H2,1-3H3. The molecule has 3 rings (SSSR count). The van der Waals surface area contributed by atoms with Crippen molar-refractivity contribution in [1.29, 1.82) is 0 Å². The first kappa shape index (κ1) is 20.1. The van der Waals surface area contributed by atoms with Crippen LogP contribution < -0.4 is 4.72 Å². The van der Waals surface area contributed by atoms with Gasteiger partial charge in [-0.25, -0.2) is 13.2 Å². The van der Waals surface area contributed by atoms with Crippen molar-refractivity contribution in [1.82, 2.24) is 0 Å². The SMILES string of the molecule is CCc1ccc(S(=O)(=O)Nc2sc(C)c(-c3ccccc3)c2C(=O)OC)cc1. The van der Waals surface area contributed by atoms with E-state index in [0.29, 0.717) is 5.56 Å². The van der Waals surface area contributed by atoms with Crippen molar-refractivity contribution in [2.24, 2.45) is 0 Å². The summed E-state index contributed by atoms with van der Waals surface area (Å²) < 4.78 is 33.2. The van der Waals surface area contributed by atoms with E-state index in [1.807, 2.05) is 44.2 Å². The summed E-state index contributed by atoms with van der Waals surface area (Å²) in [7, 11) is -2.55. The fourth-order valence-electron chi connectivity index (χ4n) is 2.95. The number of hydrogen-bond donors (Lipinski definition) is 1. The first-order valence-electron chi connectivity index (χ1n) is 8.76. The van der Waals surface area contributed by atoms with Crippen molar-refractivity contribution in [2.75, 3.05) is 11.8 Å². The van der Waals surface area contributed by atoms with E-state index < -0.39 is 16.0 Å². The first-order chi connectivity index (χ1) is 13.4. The summed E-state index contributed by atoms with van der Waals surface area (Å²) in [5.41, 5.74) is 2.78. The summed E-state index contributed by atoms with van der Waals surface area (Å²) in [6.45, 7) is 3.86. The molecule has 0 aliphatic rings. The Kier molecular flexibility index (Phi) is 5.86. The van der Waals surface area contributed by atoms with Crippen LogP contribution in [0.4, 0.5) is 5.00 Å². The largest absolute Gasteiger partial charge is 0.465 e. The molecule has 0 aliphatic heterocycles. The topological polar surface area (TPSA) is 72.5 Å². The molecule has 1 aromatic heterocycles. The Hall–Kier alpha value is -2.64. The molecule has 1 N–H and O–H groups in total. The van der Waals surface area contributed by atoms with Crippen molar-refractivity contribution in [2.45, 2.75) is 25.2 Å². The molecule has 0 unspecified atom stereocenters. The zero-order valence-electron chi connectivity index (χ0n) is 15.9. The summed E-state index contributed by atoms with van der Waals surface area (Å²) in [6.07, 6.45) is 0.824. The number of esters is 1. The lowest BCUT2D eigenvalue weighted by Gasteiger charge is -2.10. The van der Waals surface area contributed by atoms with Gasteiger partial charge in [0.1, 0.15) is 10.6 Å². The molecule has 0 saturated heterocycles. The fourth-order valence-corrected chi connectivity index (χ4v) is 5.32. The number of hydrogen-bond acceptors (Lipinski definition) is 5. The van der Waals surface area contributed by atoms with E-state index >= 15 is 0 Å². The predicted molar refractivity (Wildman–Crippen MR) is 112 cm³/mol. The summed E-state index contributed by atoms with van der Waals surface area (Å²) in [4.78, 5) is 13.5. The van der Waals surface area contributed by atoms with Crippen LogP contribution in [0.15, 0.2) is 59.5 Å². The highest BCUT2D eigenvalue weighted by atomic mass is 32.2. The van der Waals surface area contributed by atoms with E-state index in [1.54, 1.807) is 24.3 Å². The second-order valence-corrected chi connectivity index (χ2v) is 9.11. The molecule has 146 valence electrons. The molecule has 0 fully saturated rings. The van der Waals surface area contributed by atoms with Gasteiger partial charge >= 0.3 is 5.97 Å². The third-order valence-corrected chi connectivity index (χ3v) is 6.92. The monoisotopic (exact) mass is 415 g/mol. The average Bonchev–Trinajstić information content (AvgIpc) is 3.03. The van der Waals surface area contributed by atoms with E-state index in [0.717, 1.165) is 22.4 Å². The lowest BCUT2D eigenvalue weighted by atomic mass is 10.0. The first-order valence-corrected chi connectivity index (χ1v) is 11.1. The summed E-state index contributed by atoms with van der Waals surface area (Å²) in [5, 5.41) is 0.253. The number of carbonyl (C=O) groups is 1. The normalized spacial score (nSPS) is 11.2. The van der Waals surface area contributed by atoms with Crippen LogP contribution in [0.3, 0.4) is 0 Å². The molecule has 0 aliphatic carbocycles. The number of sulfonamides is 1. The maximum Gasteiger partial charge on any atom is 0.341 e. The molecule has 1 heterocycles. The average molecular weight is 416 g/mol. The Morgan fingerprint density at radius 3 is 2.29 bits per heavy atom. The third-order valence-electron chi connectivity index (χ3n) is 4.41. The zero-order valence-corrected chi connectivity index (χ0v) is 17.5. The summed E-state index contributed by atoms with van der Waals surface area (Å²) in [5.74, 6) is -0.581. The maximum atomic E-state index is 12.9. The molecule has 0 radical (unpaired) electrons. The third kappa shape index (κ3) is 3.95. The highest BCUT2D eigenvalue weighted by molar-refractivity contribution is 7.93. The van der Waals surface area contributed by atoms with E-state index in [2.05, 4.69) is 4.72 Å². The van der Waals surface area contributed by atoms with Crippen LogP contribution in [-0.2, 0) is 21.2 Å². The van der Waals surface area contributed by atoms with Crippen molar-refractivity contribution < 1.29 is 17.9 Å². The Morgan fingerprint density at radius 2 is 1.71 bits per heavy atom. The Balaban J connectivity index is 2.07. The molecule has 0 amide bonds. The molecule has 28 heavy (non-hydrogen) atoms. The van der Waals surface area contributed by atoms with Crippen LogP contribution >= 0.6 is 11.3 Å². The lowest BCUT2D eigenvalue weighted by molar-refractivity contribution is 0.0603. The molecule has 5 nitrogen and oxygen atoms in total. The minimum atomic E-state index is -3.84. The number of carbonyl (C=O) groups excluding carboxylic acids is 1. The van der Waals surface area contributed by atoms with Crippen molar-refractivity contribution in [3.05, 3.63) is 70.6 Å². The van der Waals surface area contributed by atoms with E-state index in [1.165, 1.54) is 18.4 Å². The molecule has 3 aromatic rings. The van der Waals surface area contributed by atoms with Crippen LogP contribution in [0.2, 0.25) is 0 Å². The molecular weight excluding hydrogens is 394 g/mol. The number of aryl methyl sites for hydroxylation is 2. The molecule has 0 bridgehead atoms. The maximum absolute atomic E-state index is 12.9. The molecule has 0 saturated carbocycles. The highest BCUT2D eigenvalue weighted by Crippen LogP contribution is 2.41. The van der Waals surface area contributed by atoms with Gasteiger partial charge in [0.05, 0.1) is 12.0 Å². The van der Waals surface area contributed by atoms with Gasteiger partial charge in [-0.1, -0.05) is 49.4 Å². The van der Waals surface area contributed by atoms with Crippen LogP contribution in [0.5, 0.6) is 0 Å². The highest BCUT2D eigenvalue weighted by Gasteiger charge is 2.27. The number of nitrogens with one attached hydrogen (secondary N) is 1. The van der Waals surface area contributed by atoms with E-state index in [9.17, 15) is 13.2 Å². The second-order valence-electron chi connectivity index (χ2n) is 6.20. The van der Waals surface area contributed by atoms with E-state index in [-0.39, 0.29) is 15.5 Å². The molecule has 7 heteroatoms. The zero-order chi connectivity index (χ0) is 20.3. The number of thiophene rings is 1. The van der Waals surface area contributed by atoms with Crippen molar-refractivity contribution >= 4 is 32.3 Å². The van der Waals surface area contributed by atoms with Gasteiger partial charge in [-0.15, -0.1) is 11.3 Å². The second kappa shape index (κ2) is 8.16. The van der Waals surface area contributed by atoms with Gasteiger partial charge in [0, 0.05) is 10.4 Å². The fraction of sp³-hybridized carbons (Fsp3) is 0.190. The lowest BCUT2D eigenvalue weighted by Crippen LogP contribution is -2.15. The van der Waals surface area contributed by atoms with Gasteiger partial charge in [-0.3, -0.25) is 4.72 Å². The quantitative estimate of drug-likeness (QED) is 0.583. The number of benzene rings is 2. The van der Waals surface area contributed by atoms with Gasteiger partial charge in [0.2, 0.25) is 0 Å².